The minimum Gasteiger partial charge on any atom is -0.468 e. The zero-order valence-electron chi connectivity index (χ0n) is 11.6. The Labute approximate surface area is 109 Å². The smallest absolute Gasteiger partial charge is 0.324 e. The molecule has 0 aliphatic heterocycles. The summed E-state index contributed by atoms with van der Waals surface area (Å²) in [6.45, 7) is 6.69. The third-order valence-electron chi connectivity index (χ3n) is 2.67. The van der Waals surface area contributed by atoms with Crippen molar-refractivity contribution in [2.45, 2.75) is 52.2 Å². The molecule has 1 atom stereocenters. The molecule has 0 aromatic carbocycles. The zero-order chi connectivity index (χ0) is 13.5. The van der Waals surface area contributed by atoms with Gasteiger partial charge in [0, 0.05) is 31.4 Å². The van der Waals surface area contributed by atoms with Crippen molar-refractivity contribution >= 4 is 5.97 Å². The normalized spacial score (nSPS) is 12.7. The Morgan fingerprint density at radius 3 is 2.83 bits per heavy atom. The number of imidazole rings is 1. The summed E-state index contributed by atoms with van der Waals surface area (Å²) >= 11 is 0. The molecule has 18 heavy (non-hydrogen) atoms. The van der Waals surface area contributed by atoms with Gasteiger partial charge in [-0.1, -0.05) is 20.8 Å². The number of methoxy groups -OCH3 is 1. The number of aryl methyl sites for hydroxylation is 1. The highest BCUT2D eigenvalue weighted by Crippen LogP contribution is 2.04. The maximum Gasteiger partial charge on any atom is 0.324 e. The molecule has 0 spiro atoms. The summed E-state index contributed by atoms with van der Waals surface area (Å²) in [4.78, 5) is 16.0. The molecule has 0 fully saturated rings. The van der Waals surface area contributed by atoms with Crippen LogP contribution in [0.2, 0.25) is 0 Å². The molecular formula is C13H23N3O2. The highest BCUT2D eigenvalue weighted by molar-refractivity contribution is 5.75. The van der Waals surface area contributed by atoms with Gasteiger partial charge in [-0.2, -0.15) is 0 Å². The van der Waals surface area contributed by atoms with E-state index >= 15 is 0 Å². The first-order valence-electron chi connectivity index (χ1n) is 6.42. The van der Waals surface area contributed by atoms with Crippen LogP contribution in [0, 0.1) is 0 Å². The van der Waals surface area contributed by atoms with Crippen molar-refractivity contribution in [2.24, 2.45) is 0 Å². The number of aromatic nitrogens is 2. The Morgan fingerprint density at radius 1 is 1.56 bits per heavy atom. The van der Waals surface area contributed by atoms with Crippen molar-refractivity contribution in [1.29, 1.82) is 0 Å². The summed E-state index contributed by atoms with van der Waals surface area (Å²) in [5.41, 5.74) is 0. The lowest BCUT2D eigenvalue weighted by molar-refractivity contribution is -0.143. The van der Waals surface area contributed by atoms with Gasteiger partial charge in [0.25, 0.3) is 0 Å². The molecule has 102 valence electrons. The fourth-order valence-corrected chi connectivity index (χ4v) is 1.89. The minimum atomic E-state index is -0.334. The number of rotatable bonds is 7. The summed E-state index contributed by atoms with van der Waals surface area (Å²) in [6.07, 6.45) is 5.64. The molecule has 0 bridgehead atoms. The van der Waals surface area contributed by atoms with Gasteiger partial charge in [0.2, 0.25) is 0 Å². The van der Waals surface area contributed by atoms with E-state index in [9.17, 15) is 4.79 Å². The van der Waals surface area contributed by atoms with E-state index in [4.69, 9.17) is 4.74 Å². The van der Waals surface area contributed by atoms with Crippen LogP contribution in [0.4, 0.5) is 0 Å². The second kappa shape index (κ2) is 7.16. The van der Waals surface area contributed by atoms with E-state index in [1.54, 1.807) is 6.20 Å². The van der Waals surface area contributed by atoms with Crippen LogP contribution in [0.5, 0.6) is 0 Å². The standard InChI is InChI=1S/C13H23N3O2/c1-5-6-12-14-7-8-16(12)9-11(13(17)18-4)15-10(2)3/h7-8,10-11,15H,5-6,9H2,1-4H3. The van der Waals surface area contributed by atoms with E-state index in [2.05, 4.69) is 17.2 Å². The molecule has 1 aromatic rings. The molecule has 0 saturated heterocycles. The lowest BCUT2D eigenvalue weighted by atomic mass is 10.2. The highest BCUT2D eigenvalue weighted by atomic mass is 16.5. The van der Waals surface area contributed by atoms with Crippen molar-refractivity contribution in [3.63, 3.8) is 0 Å². The second-order valence-electron chi connectivity index (χ2n) is 4.64. The van der Waals surface area contributed by atoms with Crippen LogP contribution in [0.15, 0.2) is 12.4 Å². The molecule has 5 nitrogen and oxygen atoms in total. The van der Waals surface area contributed by atoms with Crippen LogP contribution in [-0.4, -0.2) is 34.7 Å². The monoisotopic (exact) mass is 253 g/mol. The fraction of sp³-hybridized carbons (Fsp3) is 0.692. The van der Waals surface area contributed by atoms with Crippen LogP contribution < -0.4 is 5.32 Å². The van der Waals surface area contributed by atoms with E-state index in [0.29, 0.717) is 6.54 Å². The number of hydrogen-bond donors (Lipinski definition) is 1. The summed E-state index contributed by atoms with van der Waals surface area (Å²) in [5.74, 6) is 0.775. The van der Waals surface area contributed by atoms with Crippen molar-refractivity contribution in [1.82, 2.24) is 14.9 Å². The van der Waals surface area contributed by atoms with E-state index < -0.39 is 0 Å². The van der Waals surface area contributed by atoms with Gasteiger partial charge in [0.05, 0.1) is 7.11 Å². The molecule has 0 saturated carbocycles. The summed E-state index contributed by atoms with van der Waals surface area (Å²) < 4.78 is 6.84. The molecule has 0 amide bonds. The maximum atomic E-state index is 11.7. The molecule has 0 aliphatic carbocycles. The quantitative estimate of drug-likeness (QED) is 0.746. The number of hydrogen-bond acceptors (Lipinski definition) is 4. The van der Waals surface area contributed by atoms with Gasteiger partial charge in [-0.3, -0.25) is 4.79 Å². The topological polar surface area (TPSA) is 56.2 Å². The molecule has 1 rings (SSSR count). The molecule has 1 aromatic heterocycles. The number of carbonyl (C=O) groups excluding carboxylic acids is 1. The van der Waals surface area contributed by atoms with Crippen molar-refractivity contribution in [3.05, 3.63) is 18.2 Å². The zero-order valence-corrected chi connectivity index (χ0v) is 11.6. The highest BCUT2D eigenvalue weighted by Gasteiger charge is 2.21. The Hall–Kier alpha value is -1.36. The first-order chi connectivity index (χ1) is 8.58. The molecular weight excluding hydrogens is 230 g/mol. The van der Waals surface area contributed by atoms with Crippen molar-refractivity contribution in [3.8, 4) is 0 Å². The Kier molecular flexibility index (Phi) is 5.85. The molecule has 1 unspecified atom stereocenters. The molecule has 5 heteroatoms. The number of nitrogens with zero attached hydrogens (tertiary/aromatic N) is 2. The summed E-state index contributed by atoms with van der Waals surface area (Å²) in [6, 6.07) is -0.105. The van der Waals surface area contributed by atoms with E-state index in [1.165, 1.54) is 7.11 Å². The molecule has 1 N–H and O–H groups in total. The predicted octanol–water partition coefficient (Wildman–Crippen LogP) is 1.38. The second-order valence-corrected chi connectivity index (χ2v) is 4.64. The lowest BCUT2D eigenvalue weighted by Crippen LogP contribution is -2.44. The van der Waals surface area contributed by atoms with Crippen LogP contribution in [0.1, 0.15) is 33.0 Å². The Morgan fingerprint density at radius 2 is 2.28 bits per heavy atom. The third kappa shape index (κ3) is 4.14. The third-order valence-corrected chi connectivity index (χ3v) is 2.67. The number of nitrogens with one attached hydrogen (secondary N) is 1. The van der Waals surface area contributed by atoms with Gasteiger partial charge in [-0.25, -0.2) is 4.98 Å². The van der Waals surface area contributed by atoms with Crippen molar-refractivity contribution in [2.75, 3.05) is 7.11 Å². The lowest BCUT2D eigenvalue weighted by Gasteiger charge is -2.20. The first kappa shape index (κ1) is 14.7. The fourth-order valence-electron chi connectivity index (χ4n) is 1.89. The average molecular weight is 253 g/mol. The predicted molar refractivity (Wildman–Crippen MR) is 70.3 cm³/mol. The number of carbonyl (C=O) groups is 1. The van der Waals surface area contributed by atoms with Crippen LogP contribution >= 0.6 is 0 Å². The Balaban J connectivity index is 2.75. The first-order valence-corrected chi connectivity index (χ1v) is 6.42. The van der Waals surface area contributed by atoms with Crippen LogP contribution in [0.3, 0.4) is 0 Å². The van der Waals surface area contributed by atoms with Gasteiger partial charge in [-0.05, 0) is 6.42 Å². The van der Waals surface area contributed by atoms with E-state index in [0.717, 1.165) is 18.7 Å². The largest absolute Gasteiger partial charge is 0.468 e. The average Bonchev–Trinajstić information content (AvgIpc) is 2.75. The number of esters is 1. The van der Waals surface area contributed by atoms with Crippen molar-refractivity contribution < 1.29 is 9.53 Å². The number of ether oxygens (including phenoxy) is 1. The molecule has 0 aliphatic rings. The van der Waals surface area contributed by atoms with Gasteiger partial charge >= 0.3 is 5.97 Å². The summed E-state index contributed by atoms with van der Waals surface area (Å²) in [7, 11) is 1.41. The van der Waals surface area contributed by atoms with Gasteiger partial charge in [0.1, 0.15) is 11.9 Å². The summed E-state index contributed by atoms with van der Waals surface area (Å²) in [5, 5.41) is 3.21. The molecule has 0 radical (unpaired) electrons. The van der Waals surface area contributed by atoms with E-state index in [1.807, 2.05) is 24.6 Å². The van der Waals surface area contributed by atoms with Crippen LogP contribution in [0.25, 0.3) is 0 Å². The maximum absolute atomic E-state index is 11.7. The van der Waals surface area contributed by atoms with E-state index in [-0.39, 0.29) is 18.1 Å². The van der Waals surface area contributed by atoms with Gasteiger partial charge < -0.3 is 14.6 Å². The van der Waals surface area contributed by atoms with Gasteiger partial charge in [-0.15, -0.1) is 0 Å². The SMILES string of the molecule is CCCc1nccn1CC(NC(C)C)C(=O)OC. The van der Waals surface area contributed by atoms with Gasteiger partial charge in [0.15, 0.2) is 0 Å². The van der Waals surface area contributed by atoms with Crippen LogP contribution in [-0.2, 0) is 22.5 Å². The Bertz CT molecular complexity index is 374. The minimum absolute atomic E-state index is 0.229. The molecule has 1 heterocycles.